The van der Waals surface area contributed by atoms with Gasteiger partial charge in [0.2, 0.25) is 5.60 Å². The van der Waals surface area contributed by atoms with Crippen molar-refractivity contribution in [2.24, 2.45) is 5.73 Å². The van der Waals surface area contributed by atoms with Gasteiger partial charge in [-0.25, -0.2) is 9.78 Å². The molecule has 2 aromatic rings. The molecule has 0 aliphatic carbocycles. The van der Waals surface area contributed by atoms with Gasteiger partial charge in [-0.2, -0.15) is 0 Å². The van der Waals surface area contributed by atoms with E-state index in [1.165, 1.54) is 9.80 Å². The number of likely N-dealkylation sites (tertiary alicyclic amines) is 1. The van der Waals surface area contributed by atoms with E-state index in [1.54, 1.807) is 45.4 Å². The van der Waals surface area contributed by atoms with Crippen molar-refractivity contribution >= 4 is 34.2 Å². The Hall–Kier alpha value is -3.42. The zero-order valence-electron chi connectivity index (χ0n) is 16.7. The van der Waals surface area contributed by atoms with Gasteiger partial charge in [-0.1, -0.05) is 35.3 Å². The molecule has 1 aliphatic heterocycles. The van der Waals surface area contributed by atoms with Gasteiger partial charge in [0.1, 0.15) is 10.0 Å². The lowest BCUT2D eigenvalue weighted by molar-refractivity contribution is -0.137. The minimum atomic E-state index is -1.69. The highest BCUT2D eigenvalue weighted by molar-refractivity contribution is 7.19. The van der Waals surface area contributed by atoms with E-state index in [4.69, 9.17) is 5.73 Å². The Balaban J connectivity index is 1.92. The zero-order chi connectivity index (χ0) is 22.1. The Morgan fingerprint density at radius 3 is 2.73 bits per heavy atom. The molecule has 0 bridgehead atoms. The van der Waals surface area contributed by atoms with Gasteiger partial charge in [0, 0.05) is 45.2 Å². The highest BCUT2D eigenvalue weighted by Crippen LogP contribution is 2.32. The first-order chi connectivity index (χ1) is 14.1. The van der Waals surface area contributed by atoms with Crippen LogP contribution >= 0.6 is 11.3 Å². The second kappa shape index (κ2) is 8.14. The molecule has 9 nitrogen and oxygen atoms in total. The number of anilines is 1. The number of primary amides is 1. The molecule has 1 atom stereocenters. The van der Waals surface area contributed by atoms with Crippen LogP contribution in [0.4, 0.5) is 9.80 Å². The van der Waals surface area contributed by atoms with Crippen LogP contribution in [0.3, 0.4) is 0 Å². The number of rotatable bonds is 3. The van der Waals surface area contributed by atoms with E-state index in [2.05, 4.69) is 22.1 Å². The predicted molar refractivity (Wildman–Crippen MR) is 113 cm³/mol. The summed E-state index contributed by atoms with van der Waals surface area (Å²) in [7, 11) is 4.77. The molecule has 1 saturated heterocycles. The van der Waals surface area contributed by atoms with Crippen LogP contribution in [-0.4, -0.2) is 71.0 Å². The molecule has 1 aromatic carbocycles. The molecule has 0 saturated carbocycles. The largest absolute Gasteiger partial charge is 0.369 e. The van der Waals surface area contributed by atoms with Crippen molar-refractivity contribution in [3.63, 3.8) is 0 Å². The fourth-order valence-electron chi connectivity index (χ4n) is 2.78. The molecule has 156 valence electrons. The lowest BCUT2D eigenvalue weighted by atomic mass is 10.0. The average Bonchev–Trinajstić information content (AvgIpc) is 3.24. The number of likely N-dealkylation sites (N-methyl/N-ethyl adjacent to an activating group) is 1. The molecule has 2 heterocycles. The zero-order valence-corrected chi connectivity index (χ0v) is 17.5. The fraction of sp³-hybridized carbons (Fsp3) is 0.300. The predicted octanol–water partition coefficient (Wildman–Crippen LogP) is 0.947. The second-order valence-corrected chi connectivity index (χ2v) is 8.05. The normalized spacial score (nSPS) is 18.0. The maximum Gasteiger partial charge on any atom is 0.321 e. The number of aromatic nitrogens is 1. The van der Waals surface area contributed by atoms with E-state index in [-0.39, 0.29) is 17.1 Å². The van der Waals surface area contributed by atoms with Crippen LogP contribution in [0.2, 0.25) is 0 Å². The van der Waals surface area contributed by atoms with Gasteiger partial charge in [0.15, 0.2) is 5.69 Å². The number of carbonyl (C=O) groups is 3. The van der Waals surface area contributed by atoms with Crippen LogP contribution in [0.5, 0.6) is 0 Å². The van der Waals surface area contributed by atoms with Gasteiger partial charge < -0.3 is 20.6 Å². The minimum absolute atomic E-state index is 0.0319. The maximum atomic E-state index is 12.1. The first-order valence-corrected chi connectivity index (χ1v) is 9.83. The van der Waals surface area contributed by atoms with E-state index in [0.717, 1.165) is 11.3 Å². The molecule has 0 unspecified atom stereocenters. The van der Waals surface area contributed by atoms with Gasteiger partial charge in [0.05, 0.1) is 0 Å². The molecule has 4 N–H and O–H groups in total. The Labute approximate surface area is 177 Å². The maximum absolute atomic E-state index is 12.1. The molecule has 0 spiro atoms. The van der Waals surface area contributed by atoms with E-state index in [9.17, 15) is 19.5 Å². The number of carbonyl (C=O) groups excluding carboxylic acids is 3. The molecule has 1 aliphatic rings. The third kappa shape index (κ3) is 4.27. The van der Waals surface area contributed by atoms with E-state index in [1.807, 2.05) is 0 Å². The standard InChI is InChI=1S/C20H21N5O4S/c1-24(2)19(28)23-17-14(15(21)26)22-16(30-17)13-6-4-5-12(11-13)7-8-20(29)9-10-25(3)18(20)27/h4-6,11,29H,9-10H2,1-3H3,(H2,21,26)(H,23,28)/t20-/m0/s1. The van der Waals surface area contributed by atoms with Crippen molar-refractivity contribution in [2.45, 2.75) is 12.0 Å². The van der Waals surface area contributed by atoms with E-state index >= 15 is 0 Å². The number of hydrogen-bond donors (Lipinski definition) is 3. The number of amides is 4. The summed E-state index contributed by atoms with van der Waals surface area (Å²) in [5, 5.41) is 13.8. The number of thiazole rings is 1. The van der Waals surface area contributed by atoms with Crippen molar-refractivity contribution in [3.05, 3.63) is 35.5 Å². The van der Waals surface area contributed by atoms with Gasteiger partial charge in [0.25, 0.3) is 11.8 Å². The highest BCUT2D eigenvalue weighted by atomic mass is 32.1. The van der Waals surface area contributed by atoms with Crippen LogP contribution in [0, 0.1) is 11.8 Å². The van der Waals surface area contributed by atoms with Gasteiger partial charge in [-0.15, -0.1) is 0 Å². The number of benzene rings is 1. The summed E-state index contributed by atoms with van der Waals surface area (Å²) in [5.41, 5.74) is 4.90. The molecule has 4 amide bonds. The van der Waals surface area contributed by atoms with Crippen LogP contribution in [0.15, 0.2) is 24.3 Å². The number of nitrogens with one attached hydrogen (secondary N) is 1. The molecule has 1 aromatic heterocycles. The van der Waals surface area contributed by atoms with Crippen molar-refractivity contribution < 1.29 is 19.5 Å². The van der Waals surface area contributed by atoms with E-state index < -0.39 is 23.4 Å². The van der Waals surface area contributed by atoms with Gasteiger partial charge in [-0.05, 0) is 12.1 Å². The van der Waals surface area contributed by atoms with Crippen LogP contribution < -0.4 is 11.1 Å². The summed E-state index contributed by atoms with van der Waals surface area (Å²) in [6, 6.07) is 6.57. The first-order valence-electron chi connectivity index (χ1n) is 9.01. The summed E-state index contributed by atoms with van der Waals surface area (Å²) >= 11 is 1.11. The average molecular weight is 427 g/mol. The SMILES string of the molecule is CN(C)C(=O)Nc1sc(-c2cccc(C#C[C@]3(O)CCN(C)C3=O)c2)nc1C(N)=O. The molecular weight excluding hydrogens is 406 g/mol. The Kier molecular flexibility index (Phi) is 5.78. The summed E-state index contributed by atoms with van der Waals surface area (Å²) in [5.74, 6) is 4.33. The summed E-state index contributed by atoms with van der Waals surface area (Å²) in [4.78, 5) is 42.8. The van der Waals surface area contributed by atoms with Crippen molar-refractivity contribution in [2.75, 3.05) is 33.0 Å². The monoisotopic (exact) mass is 427 g/mol. The van der Waals surface area contributed by atoms with Crippen LogP contribution in [0.25, 0.3) is 10.6 Å². The quantitative estimate of drug-likeness (QED) is 0.628. The molecule has 0 radical (unpaired) electrons. The number of nitrogens with two attached hydrogens (primary N) is 1. The fourth-order valence-corrected chi connectivity index (χ4v) is 3.74. The number of urea groups is 1. The smallest absolute Gasteiger partial charge is 0.321 e. The van der Waals surface area contributed by atoms with Crippen molar-refractivity contribution in [3.8, 4) is 22.4 Å². The van der Waals surface area contributed by atoms with Gasteiger partial charge >= 0.3 is 6.03 Å². The second-order valence-electron chi connectivity index (χ2n) is 7.05. The van der Waals surface area contributed by atoms with Crippen molar-refractivity contribution in [1.29, 1.82) is 0 Å². The topological polar surface area (TPSA) is 129 Å². The Morgan fingerprint density at radius 2 is 2.13 bits per heavy atom. The third-order valence-corrected chi connectivity index (χ3v) is 5.54. The number of nitrogens with zero attached hydrogens (tertiary/aromatic N) is 3. The third-order valence-electron chi connectivity index (χ3n) is 4.52. The summed E-state index contributed by atoms with van der Waals surface area (Å²) in [6.45, 7) is 0.445. The first kappa shape index (κ1) is 21.3. The Bertz CT molecular complexity index is 1080. The molecular formula is C20H21N5O4S. The summed E-state index contributed by atoms with van der Waals surface area (Å²) in [6.07, 6.45) is 0.248. The molecule has 1 fully saturated rings. The molecule has 10 heteroatoms. The Morgan fingerprint density at radius 1 is 1.40 bits per heavy atom. The molecule has 3 rings (SSSR count). The summed E-state index contributed by atoms with van der Waals surface area (Å²) < 4.78 is 0. The lowest BCUT2D eigenvalue weighted by Crippen LogP contribution is -2.37. The van der Waals surface area contributed by atoms with Gasteiger partial charge in [-0.3, -0.25) is 14.9 Å². The van der Waals surface area contributed by atoms with Crippen LogP contribution in [-0.2, 0) is 4.79 Å². The highest BCUT2D eigenvalue weighted by Gasteiger charge is 2.42. The lowest BCUT2D eigenvalue weighted by Gasteiger charge is -2.13. The number of aliphatic hydroxyl groups is 1. The molecule has 30 heavy (non-hydrogen) atoms. The van der Waals surface area contributed by atoms with Crippen molar-refractivity contribution in [1.82, 2.24) is 14.8 Å². The van der Waals surface area contributed by atoms with Crippen LogP contribution in [0.1, 0.15) is 22.5 Å². The van der Waals surface area contributed by atoms with E-state index in [0.29, 0.717) is 22.7 Å². The minimum Gasteiger partial charge on any atom is -0.369 e. The number of hydrogen-bond acceptors (Lipinski definition) is 6.